The Bertz CT molecular complexity index is 146. The summed E-state index contributed by atoms with van der Waals surface area (Å²) in [5.74, 6) is 0. The van der Waals surface area contributed by atoms with Crippen LogP contribution in [0.1, 0.15) is 0 Å². The molecule has 1 aliphatic rings. The highest BCUT2D eigenvalue weighted by Gasteiger charge is 2.08. The lowest BCUT2D eigenvalue weighted by Crippen LogP contribution is -2.46. The number of carbonyl (C=O) groups is 1. The van der Waals surface area contributed by atoms with E-state index in [2.05, 4.69) is 15.5 Å². The Morgan fingerprint density at radius 3 is 2.75 bits per heavy atom. The van der Waals surface area contributed by atoms with Crippen molar-refractivity contribution in [1.29, 1.82) is 0 Å². The van der Waals surface area contributed by atoms with Crippen molar-refractivity contribution in [1.82, 2.24) is 15.5 Å². The Hall–Kier alpha value is -0.810. The molecule has 0 aromatic carbocycles. The quantitative estimate of drug-likeness (QED) is 0.520. The fraction of sp³-hybridized carbons (Fsp3) is 0.857. The summed E-state index contributed by atoms with van der Waals surface area (Å²) in [7, 11) is 0. The molecule has 1 saturated heterocycles. The first-order valence-electron chi connectivity index (χ1n) is 4.19. The zero-order valence-electron chi connectivity index (χ0n) is 7.05. The minimum absolute atomic E-state index is 0.523. The standard InChI is InChI=1S/C7H15N3O2/c11-7(12)9-3-6-10-4-1-8-2-5-10/h8-9H,1-6H2,(H,11,12). The van der Waals surface area contributed by atoms with Gasteiger partial charge in [0.05, 0.1) is 0 Å². The molecule has 1 fully saturated rings. The molecule has 70 valence electrons. The van der Waals surface area contributed by atoms with Crippen molar-refractivity contribution in [3.63, 3.8) is 0 Å². The van der Waals surface area contributed by atoms with E-state index in [0.29, 0.717) is 6.54 Å². The fourth-order valence-electron chi connectivity index (χ4n) is 1.26. The number of amides is 1. The van der Waals surface area contributed by atoms with Crippen LogP contribution in [-0.4, -0.2) is 55.4 Å². The van der Waals surface area contributed by atoms with Crippen molar-refractivity contribution < 1.29 is 9.90 Å². The molecule has 5 nitrogen and oxygen atoms in total. The predicted molar refractivity (Wildman–Crippen MR) is 45.3 cm³/mol. The number of hydrogen-bond acceptors (Lipinski definition) is 3. The highest BCUT2D eigenvalue weighted by Crippen LogP contribution is 1.89. The number of carboxylic acid groups (broad SMARTS) is 1. The third-order valence-electron chi connectivity index (χ3n) is 1.91. The predicted octanol–water partition coefficient (Wildman–Crippen LogP) is -0.841. The monoisotopic (exact) mass is 173 g/mol. The summed E-state index contributed by atoms with van der Waals surface area (Å²) in [6.07, 6.45) is -0.940. The van der Waals surface area contributed by atoms with Crippen LogP contribution in [0.5, 0.6) is 0 Å². The summed E-state index contributed by atoms with van der Waals surface area (Å²) in [6.45, 7) is 5.38. The number of hydrogen-bond donors (Lipinski definition) is 3. The van der Waals surface area contributed by atoms with E-state index in [-0.39, 0.29) is 0 Å². The van der Waals surface area contributed by atoms with Crippen LogP contribution in [0.25, 0.3) is 0 Å². The van der Waals surface area contributed by atoms with E-state index < -0.39 is 6.09 Å². The molecule has 0 spiro atoms. The SMILES string of the molecule is O=C(O)NCCN1CCNCC1. The minimum Gasteiger partial charge on any atom is -0.465 e. The van der Waals surface area contributed by atoms with Gasteiger partial charge in [-0.1, -0.05) is 0 Å². The molecular weight excluding hydrogens is 158 g/mol. The molecule has 0 radical (unpaired) electrons. The lowest BCUT2D eigenvalue weighted by atomic mass is 10.3. The Kier molecular flexibility index (Phi) is 3.83. The van der Waals surface area contributed by atoms with Crippen LogP contribution >= 0.6 is 0 Å². The van der Waals surface area contributed by atoms with Gasteiger partial charge < -0.3 is 15.7 Å². The molecule has 5 heteroatoms. The molecule has 0 aromatic rings. The number of nitrogens with one attached hydrogen (secondary N) is 2. The van der Waals surface area contributed by atoms with Crippen molar-refractivity contribution in [2.75, 3.05) is 39.3 Å². The Balaban J connectivity index is 2.01. The molecule has 0 atom stereocenters. The van der Waals surface area contributed by atoms with Gasteiger partial charge in [0.1, 0.15) is 0 Å². The average Bonchev–Trinajstić information content (AvgIpc) is 2.05. The first kappa shape index (κ1) is 9.28. The summed E-state index contributed by atoms with van der Waals surface area (Å²) >= 11 is 0. The van der Waals surface area contributed by atoms with Gasteiger partial charge >= 0.3 is 6.09 Å². The fourth-order valence-corrected chi connectivity index (χ4v) is 1.26. The first-order chi connectivity index (χ1) is 5.79. The zero-order valence-corrected chi connectivity index (χ0v) is 7.05. The lowest BCUT2D eigenvalue weighted by molar-refractivity contribution is 0.189. The summed E-state index contributed by atoms with van der Waals surface area (Å²) in [5.41, 5.74) is 0. The normalized spacial score (nSPS) is 19.0. The van der Waals surface area contributed by atoms with Crippen LogP contribution in [0.2, 0.25) is 0 Å². The molecule has 0 bridgehead atoms. The first-order valence-corrected chi connectivity index (χ1v) is 4.19. The molecule has 1 rings (SSSR count). The summed E-state index contributed by atoms with van der Waals surface area (Å²) in [5, 5.41) is 13.9. The maximum atomic E-state index is 10.1. The summed E-state index contributed by atoms with van der Waals surface area (Å²) in [6, 6.07) is 0. The molecule has 0 aliphatic carbocycles. The highest BCUT2D eigenvalue weighted by molar-refractivity contribution is 5.64. The van der Waals surface area contributed by atoms with Crippen molar-refractivity contribution in [2.24, 2.45) is 0 Å². The Labute approximate surface area is 71.7 Å². The molecule has 3 N–H and O–H groups in total. The molecule has 1 amide bonds. The van der Waals surface area contributed by atoms with Gasteiger partial charge in [0.25, 0.3) is 0 Å². The van der Waals surface area contributed by atoms with Crippen molar-refractivity contribution in [2.45, 2.75) is 0 Å². The van der Waals surface area contributed by atoms with E-state index in [1.54, 1.807) is 0 Å². The van der Waals surface area contributed by atoms with E-state index in [1.165, 1.54) is 0 Å². The lowest BCUT2D eigenvalue weighted by Gasteiger charge is -2.26. The van der Waals surface area contributed by atoms with Gasteiger partial charge in [-0.2, -0.15) is 0 Å². The minimum atomic E-state index is -0.940. The smallest absolute Gasteiger partial charge is 0.404 e. The molecule has 1 aliphatic heterocycles. The van der Waals surface area contributed by atoms with Crippen LogP contribution in [-0.2, 0) is 0 Å². The third kappa shape index (κ3) is 3.54. The van der Waals surface area contributed by atoms with Gasteiger partial charge in [0.2, 0.25) is 0 Å². The van der Waals surface area contributed by atoms with Gasteiger partial charge in [-0.05, 0) is 0 Å². The van der Waals surface area contributed by atoms with Crippen molar-refractivity contribution in [3.05, 3.63) is 0 Å². The van der Waals surface area contributed by atoms with E-state index in [4.69, 9.17) is 5.11 Å². The van der Waals surface area contributed by atoms with Crippen LogP contribution in [0.15, 0.2) is 0 Å². The number of piperazine rings is 1. The van der Waals surface area contributed by atoms with E-state index in [0.717, 1.165) is 32.7 Å². The van der Waals surface area contributed by atoms with Gasteiger partial charge in [0.15, 0.2) is 0 Å². The molecule has 0 unspecified atom stereocenters. The van der Waals surface area contributed by atoms with Gasteiger partial charge in [-0.25, -0.2) is 4.79 Å². The zero-order chi connectivity index (χ0) is 8.81. The molecular formula is C7H15N3O2. The second kappa shape index (κ2) is 4.95. The average molecular weight is 173 g/mol. The summed E-state index contributed by atoms with van der Waals surface area (Å²) < 4.78 is 0. The topological polar surface area (TPSA) is 64.6 Å². The maximum Gasteiger partial charge on any atom is 0.404 e. The van der Waals surface area contributed by atoms with Crippen LogP contribution < -0.4 is 10.6 Å². The van der Waals surface area contributed by atoms with E-state index in [9.17, 15) is 4.79 Å². The number of nitrogens with zero attached hydrogens (tertiary/aromatic N) is 1. The Morgan fingerprint density at radius 1 is 1.50 bits per heavy atom. The van der Waals surface area contributed by atoms with Crippen molar-refractivity contribution in [3.8, 4) is 0 Å². The van der Waals surface area contributed by atoms with Crippen molar-refractivity contribution >= 4 is 6.09 Å². The number of rotatable bonds is 3. The molecule has 0 saturated carbocycles. The van der Waals surface area contributed by atoms with Crippen LogP contribution in [0, 0.1) is 0 Å². The third-order valence-corrected chi connectivity index (χ3v) is 1.91. The van der Waals surface area contributed by atoms with Gasteiger partial charge in [0, 0.05) is 39.3 Å². The summed E-state index contributed by atoms with van der Waals surface area (Å²) in [4.78, 5) is 12.3. The van der Waals surface area contributed by atoms with Crippen LogP contribution in [0.3, 0.4) is 0 Å². The van der Waals surface area contributed by atoms with E-state index >= 15 is 0 Å². The van der Waals surface area contributed by atoms with E-state index in [1.807, 2.05) is 0 Å². The largest absolute Gasteiger partial charge is 0.465 e. The Morgan fingerprint density at radius 2 is 2.17 bits per heavy atom. The van der Waals surface area contributed by atoms with Gasteiger partial charge in [-0.15, -0.1) is 0 Å². The second-order valence-corrected chi connectivity index (χ2v) is 2.82. The van der Waals surface area contributed by atoms with Gasteiger partial charge in [-0.3, -0.25) is 4.90 Å². The maximum absolute atomic E-state index is 10.1. The molecule has 0 aromatic heterocycles. The molecule has 1 heterocycles. The highest BCUT2D eigenvalue weighted by atomic mass is 16.4. The molecule has 12 heavy (non-hydrogen) atoms. The van der Waals surface area contributed by atoms with Crippen LogP contribution in [0.4, 0.5) is 4.79 Å². The second-order valence-electron chi connectivity index (χ2n) is 2.82.